The standard InChI is InChI=1S/C27H22N4OS/c1-18-8-12-21(13-9-18)25(32)31-27-24(20-6-4-3-5-7-20)30-26(33-27)22(16-28)17-29-23-14-10-19(2)11-15-23/h3-15,17,29H,1-2H3,(H,31,32). The molecular weight excluding hydrogens is 428 g/mol. The van der Waals surface area contributed by atoms with E-state index in [4.69, 9.17) is 4.98 Å². The molecule has 0 atom stereocenters. The molecule has 0 unspecified atom stereocenters. The third-order valence-corrected chi connectivity index (χ3v) is 6.00. The summed E-state index contributed by atoms with van der Waals surface area (Å²) in [5, 5.41) is 17.0. The normalized spacial score (nSPS) is 11.0. The SMILES string of the molecule is Cc1ccc(NC=C(C#N)c2nc(-c3ccccc3)c(NC(=O)c3ccc(C)cc3)s2)cc1. The molecule has 1 aromatic heterocycles. The summed E-state index contributed by atoms with van der Waals surface area (Å²) in [5.41, 5.74) is 5.56. The van der Waals surface area contributed by atoms with Gasteiger partial charge >= 0.3 is 0 Å². The number of carbonyl (C=O) groups excluding carboxylic acids is 1. The highest BCUT2D eigenvalue weighted by atomic mass is 32.1. The molecule has 0 radical (unpaired) electrons. The maximum atomic E-state index is 12.9. The fourth-order valence-electron chi connectivity index (χ4n) is 3.14. The van der Waals surface area contributed by atoms with Gasteiger partial charge in [0.1, 0.15) is 27.3 Å². The minimum absolute atomic E-state index is 0.220. The van der Waals surface area contributed by atoms with Crippen LogP contribution in [0.4, 0.5) is 10.7 Å². The summed E-state index contributed by atoms with van der Waals surface area (Å²) in [6.07, 6.45) is 1.64. The molecule has 0 fully saturated rings. The van der Waals surface area contributed by atoms with E-state index in [9.17, 15) is 10.1 Å². The van der Waals surface area contributed by atoms with Gasteiger partial charge in [-0.2, -0.15) is 5.26 Å². The number of hydrogen-bond donors (Lipinski definition) is 2. The summed E-state index contributed by atoms with van der Waals surface area (Å²) >= 11 is 1.28. The Labute approximate surface area is 197 Å². The molecule has 0 saturated carbocycles. The second-order valence-electron chi connectivity index (χ2n) is 7.56. The molecule has 0 aliphatic rings. The van der Waals surface area contributed by atoms with Crippen LogP contribution in [0.5, 0.6) is 0 Å². The lowest BCUT2D eigenvalue weighted by atomic mass is 10.1. The molecule has 2 N–H and O–H groups in total. The molecule has 0 spiro atoms. The van der Waals surface area contributed by atoms with Gasteiger partial charge < -0.3 is 10.6 Å². The lowest BCUT2D eigenvalue weighted by molar-refractivity contribution is 0.102. The Morgan fingerprint density at radius 1 is 0.939 bits per heavy atom. The van der Waals surface area contributed by atoms with Gasteiger partial charge in [0.05, 0.1) is 0 Å². The predicted octanol–water partition coefficient (Wildman–Crippen LogP) is 6.66. The van der Waals surface area contributed by atoms with Gasteiger partial charge in [-0.25, -0.2) is 4.98 Å². The molecule has 33 heavy (non-hydrogen) atoms. The summed E-state index contributed by atoms with van der Waals surface area (Å²) in [5.74, 6) is -0.220. The molecular formula is C27H22N4OS. The average Bonchev–Trinajstić information content (AvgIpc) is 3.25. The van der Waals surface area contributed by atoms with E-state index in [1.165, 1.54) is 11.3 Å². The maximum absolute atomic E-state index is 12.9. The van der Waals surface area contributed by atoms with Gasteiger partial charge in [0, 0.05) is 23.0 Å². The molecule has 5 nitrogen and oxygen atoms in total. The minimum Gasteiger partial charge on any atom is -0.360 e. The van der Waals surface area contributed by atoms with Crippen LogP contribution in [0.1, 0.15) is 26.5 Å². The Bertz CT molecular complexity index is 1330. The van der Waals surface area contributed by atoms with Crippen LogP contribution in [-0.2, 0) is 0 Å². The van der Waals surface area contributed by atoms with E-state index in [1.54, 1.807) is 18.3 Å². The van der Waals surface area contributed by atoms with Crippen molar-refractivity contribution < 1.29 is 4.79 Å². The summed E-state index contributed by atoms with van der Waals surface area (Å²) in [6.45, 7) is 4.00. The van der Waals surface area contributed by atoms with Crippen molar-refractivity contribution >= 4 is 33.5 Å². The zero-order valence-corrected chi connectivity index (χ0v) is 19.1. The van der Waals surface area contributed by atoms with Crippen LogP contribution in [-0.4, -0.2) is 10.9 Å². The average molecular weight is 451 g/mol. The zero-order chi connectivity index (χ0) is 23.2. The number of nitrogens with one attached hydrogen (secondary N) is 2. The van der Waals surface area contributed by atoms with Crippen molar-refractivity contribution in [3.63, 3.8) is 0 Å². The Balaban J connectivity index is 1.67. The number of aryl methyl sites for hydroxylation is 2. The number of carbonyl (C=O) groups is 1. The predicted molar refractivity (Wildman–Crippen MR) is 135 cm³/mol. The van der Waals surface area contributed by atoms with Crippen LogP contribution in [0.25, 0.3) is 16.8 Å². The number of anilines is 2. The molecule has 0 bridgehead atoms. The third-order valence-electron chi connectivity index (χ3n) is 5.00. The van der Waals surface area contributed by atoms with Crippen LogP contribution < -0.4 is 10.6 Å². The Morgan fingerprint density at radius 3 is 2.21 bits per heavy atom. The van der Waals surface area contributed by atoms with Gasteiger partial charge in [-0.3, -0.25) is 4.79 Å². The topological polar surface area (TPSA) is 77.8 Å². The van der Waals surface area contributed by atoms with E-state index in [2.05, 4.69) is 16.7 Å². The van der Waals surface area contributed by atoms with Crippen LogP contribution in [0.15, 0.2) is 85.1 Å². The van der Waals surface area contributed by atoms with E-state index in [-0.39, 0.29) is 5.91 Å². The van der Waals surface area contributed by atoms with E-state index < -0.39 is 0 Å². The van der Waals surface area contributed by atoms with Crippen LogP contribution >= 0.6 is 11.3 Å². The van der Waals surface area contributed by atoms with Crippen molar-refractivity contribution in [2.24, 2.45) is 0 Å². The first-order chi connectivity index (χ1) is 16.0. The van der Waals surface area contributed by atoms with Crippen LogP contribution in [0.3, 0.4) is 0 Å². The second kappa shape index (κ2) is 9.94. The first kappa shape index (κ1) is 22.0. The van der Waals surface area contributed by atoms with Crippen molar-refractivity contribution in [3.05, 3.63) is 107 Å². The van der Waals surface area contributed by atoms with Crippen molar-refractivity contribution in [2.75, 3.05) is 10.6 Å². The van der Waals surface area contributed by atoms with Gasteiger partial charge in [0.25, 0.3) is 5.91 Å². The molecule has 0 aliphatic heterocycles. The number of allylic oxidation sites excluding steroid dienone is 1. The van der Waals surface area contributed by atoms with Crippen LogP contribution in [0.2, 0.25) is 0 Å². The highest BCUT2D eigenvalue weighted by Crippen LogP contribution is 2.36. The molecule has 4 rings (SSSR count). The summed E-state index contributed by atoms with van der Waals surface area (Å²) in [4.78, 5) is 17.6. The number of hydrogen-bond acceptors (Lipinski definition) is 5. The molecule has 1 amide bonds. The number of amides is 1. The highest BCUT2D eigenvalue weighted by Gasteiger charge is 2.18. The van der Waals surface area contributed by atoms with E-state index in [0.29, 0.717) is 26.8 Å². The lowest BCUT2D eigenvalue weighted by Gasteiger charge is -2.05. The second-order valence-corrected chi connectivity index (χ2v) is 8.56. The minimum atomic E-state index is -0.220. The molecule has 3 aromatic carbocycles. The number of aromatic nitrogens is 1. The highest BCUT2D eigenvalue weighted by molar-refractivity contribution is 7.17. The molecule has 1 heterocycles. The monoisotopic (exact) mass is 450 g/mol. The van der Waals surface area contributed by atoms with Gasteiger partial charge in [0.15, 0.2) is 0 Å². The van der Waals surface area contributed by atoms with E-state index in [1.807, 2.05) is 80.6 Å². The fraction of sp³-hybridized carbons (Fsp3) is 0.0741. The number of thiazole rings is 1. The molecule has 0 saturated heterocycles. The zero-order valence-electron chi connectivity index (χ0n) is 18.3. The summed E-state index contributed by atoms with van der Waals surface area (Å²) in [6, 6.07) is 27.1. The number of rotatable bonds is 6. The number of nitrogens with zero attached hydrogens (tertiary/aromatic N) is 2. The van der Waals surface area contributed by atoms with Crippen molar-refractivity contribution in [1.29, 1.82) is 5.26 Å². The van der Waals surface area contributed by atoms with E-state index >= 15 is 0 Å². The maximum Gasteiger partial charge on any atom is 0.256 e. The van der Waals surface area contributed by atoms with Gasteiger partial charge in [0.2, 0.25) is 0 Å². The van der Waals surface area contributed by atoms with Crippen molar-refractivity contribution in [3.8, 4) is 17.3 Å². The number of benzene rings is 3. The first-order valence-electron chi connectivity index (χ1n) is 10.4. The largest absolute Gasteiger partial charge is 0.360 e. The fourth-order valence-corrected chi connectivity index (χ4v) is 4.09. The summed E-state index contributed by atoms with van der Waals surface area (Å²) in [7, 11) is 0. The first-order valence-corrected chi connectivity index (χ1v) is 11.2. The molecule has 4 aromatic rings. The molecule has 162 valence electrons. The third kappa shape index (κ3) is 5.35. The lowest BCUT2D eigenvalue weighted by Crippen LogP contribution is -2.11. The van der Waals surface area contributed by atoms with Gasteiger partial charge in [-0.15, -0.1) is 0 Å². The molecule has 6 heteroatoms. The summed E-state index contributed by atoms with van der Waals surface area (Å²) < 4.78 is 0. The Hall–Kier alpha value is -4.21. The Morgan fingerprint density at radius 2 is 1.58 bits per heavy atom. The number of nitriles is 1. The Kier molecular flexibility index (Phi) is 6.63. The van der Waals surface area contributed by atoms with Crippen molar-refractivity contribution in [2.45, 2.75) is 13.8 Å². The van der Waals surface area contributed by atoms with Gasteiger partial charge in [-0.05, 0) is 38.1 Å². The quantitative estimate of drug-likeness (QED) is 0.322. The smallest absolute Gasteiger partial charge is 0.256 e. The van der Waals surface area contributed by atoms with E-state index in [0.717, 1.165) is 22.4 Å². The van der Waals surface area contributed by atoms with Gasteiger partial charge in [-0.1, -0.05) is 77.1 Å². The van der Waals surface area contributed by atoms with Crippen molar-refractivity contribution in [1.82, 2.24) is 4.98 Å². The van der Waals surface area contributed by atoms with Crippen LogP contribution in [0, 0.1) is 25.2 Å². The molecule has 0 aliphatic carbocycles.